The van der Waals surface area contributed by atoms with Gasteiger partial charge < -0.3 is 18.9 Å². The number of rotatable bonds is 12. The molecule has 0 spiro atoms. The van der Waals surface area contributed by atoms with E-state index in [0.29, 0.717) is 51.8 Å². The molecule has 0 atom stereocenters. The fourth-order valence-electron chi connectivity index (χ4n) is 3.71. The predicted molar refractivity (Wildman–Crippen MR) is 163 cm³/mol. The molecule has 206 valence electrons. The second kappa shape index (κ2) is 14.5. The highest BCUT2D eigenvalue weighted by Gasteiger charge is 2.13. The van der Waals surface area contributed by atoms with Crippen LogP contribution in [-0.4, -0.2) is 25.8 Å². The van der Waals surface area contributed by atoms with Gasteiger partial charge in [0.1, 0.15) is 13.2 Å². The highest BCUT2D eigenvalue weighted by atomic mass is 79.9. The molecular weight excluding hydrogens is 640 g/mol. The Morgan fingerprint density at radius 1 is 0.825 bits per heavy atom. The van der Waals surface area contributed by atoms with E-state index in [1.165, 1.54) is 6.21 Å². The van der Waals surface area contributed by atoms with E-state index in [-0.39, 0.29) is 12.5 Å². The second-order valence-electron chi connectivity index (χ2n) is 8.52. The number of ether oxygens (including phenoxy) is 4. The molecule has 0 aromatic heterocycles. The maximum Gasteiger partial charge on any atom is 0.271 e. The summed E-state index contributed by atoms with van der Waals surface area (Å²) >= 11 is 6.92. The average Bonchev–Trinajstić information content (AvgIpc) is 2.97. The summed E-state index contributed by atoms with van der Waals surface area (Å²) in [6.07, 6.45) is 1.54. The molecule has 4 rings (SSSR count). The van der Waals surface area contributed by atoms with Gasteiger partial charge in [0.25, 0.3) is 5.91 Å². The number of benzene rings is 4. The SMILES string of the molecule is CCOc1cc(COc2c(Br)cc(/C=N/NC(=O)c3ccc(Br)cc3)cc2OC)ccc1OCc1ccccc1. The molecule has 0 fully saturated rings. The molecule has 4 aromatic carbocycles. The van der Waals surface area contributed by atoms with Crippen LogP contribution in [0.3, 0.4) is 0 Å². The topological polar surface area (TPSA) is 78.4 Å². The summed E-state index contributed by atoms with van der Waals surface area (Å²) in [5.41, 5.74) is 5.74. The van der Waals surface area contributed by atoms with Gasteiger partial charge in [-0.1, -0.05) is 52.3 Å². The molecule has 1 N–H and O–H groups in total. The van der Waals surface area contributed by atoms with Crippen LogP contribution >= 0.6 is 31.9 Å². The molecule has 0 radical (unpaired) electrons. The normalized spacial score (nSPS) is 10.8. The Morgan fingerprint density at radius 2 is 1.57 bits per heavy atom. The number of carbonyl (C=O) groups is 1. The molecule has 0 unspecified atom stereocenters. The zero-order valence-electron chi connectivity index (χ0n) is 22.0. The fraction of sp³-hybridized carbons (Fsp3) is 0.161. The minimum absolute atomic E-state index is 0.282. The van der Waals surface area contributed by atoms with Gasteiger partial charge in [0.15, 0.2) is 23.0 Å². The number of methoxy groups -OCH3 is 1. The number of hydrogen-bond acceptors (Lipinski definition) is 6. The highest BCUT2D eigenvalue weighted by Crippen LogP contribution is 2.37. The van der Waals surface area contributed by atoms with E-state index in [4.69, 9.17) is 18.9 Å². The van der Waals surface area contributed by atoms with E-state index in [9.17, 15) is 4.79 Å². The molecule has 0 aliphatic rings. The Bertz CT molecular complexity index is 1460. The van der Waals surface area contributed by atoms with Crippen molar-refractivity contribution in [3.05, 3.63) is 116 Å². The molecule has 9 heteroatoms. The molecule has 1 amide bonds. The lowest BCUT2D eigenvalue weighted by molar-refractivity contribution is 0.0955. The van der Waals surface area contributed by atoms with Crippen molar-refractivity contribution in [2.75, 3.05) is 13.7 Å². The van der Waals surface area contributed by atoms with E-state index < -0.39 is 0 Å². The van der Waals surface area contributed by atoms with Crippen LogP contribution in [0.25, 0.3) is 0 Å². The van der Waals surface area contributed by atoms with Gasteiger partial charge >= 0.3 is 0 Å². The summed E-state index contributed by atoms with van der Waals surface area (Å²) in [5, 5.41) is 4.07. The van der Waals surface area contributed by atoms with E-state index in [0.717, 1.165) is 15.6 Å². The molecule has 0 bridgehead atoms. The Kier molecular flexibility index (Phi) is 10.6. The molecule has 0 heterocycles. The van der Waals surface area contributed by atoms with Crippen LogP contribution < -0.4 is 24.4 Å². The lowest BCUT2D eigenvalue weighted by Crippen LogP contribution is -2.17. The third kappa shape index (κ3) is 8.09. The Hall–Kier alpha value is -3.82. The second-order valence-corrected chi connectivity index (χ2v) is 10.3. The highest BCUT2D eigenvalue weighted by molar-refractivity contribution is 9.10. The molecule has 0 saturated carbocycles. The third-order valence-electron chi connectivity index (χ3n) is 5.67. The van der Waals surface area contributed by atoms with Crippen molar-refractivity contribution in [2.45, 2.75) is 20.1 Å². The van der Waals surface area contributed by atoms with Crippen LogP contribution in [-0.2, 0) is 13.2 Å². The molecule has 0 aliphatic carbocycles. The number of halogens is 2. The van der Waals surface area contributed by atoms with Gasteiger partial charge in [-0.15, -0.1) is 0 Å². The van der Waals surface area contributed by atoms with Crippen molar-refractivity contribution in [1.29, 1.82) is 0 Å². The summed E-state index contributed by atoms with van der Waals surface area (Å²) < 4.78 is 25.1. The smallest absolute Gasteiger partial charge is 0.271 e. The number of nitrogens with zero attached hydrogens (tertiary/aromatic N) is 1. The number of hydrazone groups is 1. The maximum absolute atomic E-state index is 12.3. The molecular formula is C31H28Br2N2O5. The van der Waals surface area contributed by atoms with Crippen LogP contribution in [0.2, 0.25) is 0 Å². The summed E-state index contributed by atoms with van der Waals surface area (Å²) in [6, 6.07) is 26.4. The van der Waals surface area contributed by atoms with Crippen molar-refractivity contribution >= 4 is 44.0 Å². The van der Waals surface area contributed by atoms with Crippen LogP contribution in [0.5, 0.6) is 23.0 Å². The first-order valence-electron chi connectivity index (χ1n) is 12.5. The van der Waals surface area contributed by atoms with Gasteiger partial charge in [0.2, 0.25) is 0 Å². The van der Waals surface area contributed by atoms with Crippen LogP contribution in [0, 0.1) is 0 Å². The lowest BCUT2D eigenvalue weighted by Gasteiger charge is -2.16. The molecule has 0 aliphatic heterocycles. The Balaban J connectivity index is 1.41. The third-order valence-corrected chi connectivity index (χ3v) is 6.78. The monoisotopic (exact) mass is 666 g/mol. The minimum atomic E-state index is -0.308. The van der Waals surface area contributed by atoms with Gasteiger partial charge in [-0.2, -0.15) is 5.10 Å². The number of nitrogens with one attached hydrogen (secondary N) is 1. The molecule has 0 saturated heterocycles. The quantitative estimate of drug-likeness (QED) is 0.125. The van der Waals surface area contributed by atoms with Crippen LogP contribution in [0.1, 0.15) is 34.0 Å². The summed E-state index contributed by atoms with van der Waals surface area (Å²) in [7, 11) is 1.57. The summed E-state index contributed by atoms with van der Waals surface area (Å²) in [4.78, 5) is 12.3. The average molecular weight is 668 g/mol. The van der Waals surface area contributed by atoms with E-state index in [1.54, 1.807) is 37.4 Å². The number of carbonyl (C=O) groups excluding carboxylic acids is 1. The first-order chi connectivity index (χ1) is 19.5. The lowest BCUT2D eigenvalue weighted by atomic mass is 10.2. The summed E-state index contributed by atoms with van der Waals surface area (Å²) in [5.74, 6) is 2.08. The van der Waals surface area contributed by atoms with Gasteiger partial charge in [-0.25, -0.2) is 5.43 Å². The van der Waals surface area contributed by atoms with E-state index in [1.807, 2.05) is 61.5 Å². The molecule has 7 nitrogen and oxygen atoms in total. The Labute approximate surface area is 250 Å². The Morgan fingerprint density at radius 3 is 2.30 bits per heavy atom. The summed E-state index contributed by atoms with van der Waals surface area (Å²) in [6.45, 7) is 3.18. The molecule has 4 aromatic rings. The number of hydrogen-bond donors (Lipinski definition) is 1. The van der Waals surface area contributed by atoms with Crippen molar-refractivity contribution < 1.29 is 23.7 Å². The van der Waals surface area contributed by atoms with Gasteiger partial charge in [-0.05, 0) is 88.1 Å². The van der Waals surface area contributed by atoms with Crippen molar-refractivity contribution in [1.82, 2.24) is 5.43 Å². The predicted octanol–water partition coefficient (Wildman–Crippen LogP) is 7.54. The van der Waals surface area contributed by atoms with Crippen molar-refractivity contribution in [3.8, 4) is 23.0 Å². The standard InChI is InChI=1S/C31H28Br2N2O5/c1-3-38-28-16-22(9-14-27(28)39-19-21-7-5-4-6-8-21)20-40-30-26(33)15-23(17-29(30)37-2)18-34-35-31(36)24-10-12-25(32)13-11-24/h4-18H,3,19-20H2,1-2H3,(H,35,36)/b34-18+. The van der Waals surface area contributed by atoms with E-state index in [2.05, 4.69) is 42.4 Å². The van der Waals surface area contributed by atoms with E-state index >= 15 is 0 Å². The first kappa shape index (κ1) is 29.2. The van der Waals surface area contributed by atoms with Crippen molar-refractivity contribution in [2.24, 2.45) is 5.10 Å². The first-order valence-corrected chi connectivity index (χ1v) is 14.1. The molecule has 40 heavy (non-hydrogen) atoms. The largest absolute Gasteiger partial charge is 0.493 e. The van der Waals surface area contributed by atoms with Crippen molar-refractivity contribution in [3.63, 3.8) is 0 Å². The number of amides is 1. The van der Waals surface area contributed by atoms with Gasteiger partial charge in [0, 0.05) is 10.0 Å². The fourth-order valence-corrected chi connectivity index (χ4v) is 4.54. The zero-order chi connectivity index (χ0) is 28.3. The van der Waals surface area contributed by atoms with Gasteiger partial charge in [-0.3, -0.25) is 4.79 Å². The van der Waals surface area contributed by atoms with Crippen LogP contribution in [0.4, 0.5) is 0 Å². The minimum Gasteiger partial charge on any atom is -0.493 e. The maximum atomic E-state index is 12.3. The zero-order valence-corrected chi connectivity index (χ0v) is 25.2. The van der Waals surface area contributed by atoms with Crippen LogP contribution in [0.15, 0.2) is 99.0 Å². The van der Waals surface area contributed by atoms with Gasteiger partial charge in [0.05, 0.1) is 24.4 Å².